The molecule has 0 fully saturated rings. The molecule has 3 aromatic rings. The first kappa shape index (κ1) is 11.0. The number of halogens is 2. The summed E-state index contributed by atoms with van der Waals surface area (Å²) in [7, 11) is 0. The fraction of sp³-hybridized carbons (Fsp3) is 0. The predicted molar refractivity (Wildman–Crippen MR) is 65.4 cm³/mol. The van der Waals surface area contributed by atoms with Gasteiger partial charge in [-0.25, -0.2) is 9.18 Å². The van der Waals surface area contributed by atoms with Crippen LogP contribution in [0.1, 0.15) is 10.4 Å². The molecule has 0 atom stereocenters. The fourth-order valence-corrected chi connectivity index (χ4v) is 2.36. The van der Waals surface area contributed by atoms with E-state index in [-0.39, 0.29) is 5.56 Å². The summed E-state index contributed by atoms with van der Waals surface area (Å²) in [6.45, 7) is 0. The van der Waals surface area contributed by atoms with Crippen molar-refractivity contribution in [3.05, 3.63) is 42.0 Å². The number of hydrogen-bond acceptors (Lipinski definition) is 2. The number of rotatable bonds is 1. The zero-order valence-corrected chi connectivity index (χ0v) is 9.65. The van der Waals surface area contributed by atoms with Crippen molar-refractivity contribution >= 4 is 39.6 Å². The van der Waals surface area contributed by atoms with Crippen LogP contribution in [0.2, 0.25) is 0 Å². The summed E-state index contributed by atoms with van der Waals surface area (Å²) in [6.07, 6.45) is 2.70. The van der Waals surface area contributed by atoms with Crippen LogP contribution in [0.15, 0.2) is 30.6 Å². The largest absolute Gasteiger partial charge is 0.478 e. The van der Waals surface area contributed by atoms with Gasteiger partial charge >= 0.3 is 5.97 Å². The molecule has 0 saturated carbocycles. The minimum Gasteiger partial charge on any atom is -0.478 e. The van der Waals surface area contributed by atoms with Crippen molar-refractivity contribution in [2.24, 2.45) is 0 Å². The molecule has 90 valence electrons. The van der Waals surface area contributed by atoms with Gasteiger partial charge in [-0.15, -0.1) is 0 Å². The standard InChI is InChI=1S/C12H6ClFN2O2/c13-16-10-2-1-6(14)3-7(10)8-4-15-5-9(11(8)16)12(17)18/h1-5H,(H,17,18). The number of carbonyl (C=O) groups is 1. The van der Waals surface area contributed by atoms with Gasteiger partial charge in [0.1, 0.15) is 11.4 Å². The van der Waals surface area contributed by atoms with Gasteiger partial charge in [0.2, 0.25) is 0 Å². The Labute approximate surface area is 105 Å². The minimum atomic E-state index is -1.13. The third-order valence-corrected chi connectivity index (χ3v) is 3.16. The average Bonchev–Trinajstić information content (AvgIpc) is 2.63. The molecule has 3 rings (SSSR count). The highest BCUT2D eigenvalue weighted by molar-refractivity contribution is 6.28. The van der Waals surface area contributed by atoms with Crippen LogP contribution in [-0.2, 0) is 0 Å². The Morgan fingerprint density at radius 1 is 1.33 bits per heavy atom. The van der Waals surface area contributed by atoms with Crippen molar-refractivity contribution in [3.8, 4) is 0 Å². The number of nitrogens with zero attached hydrogens (tertiary/aromatic N) is 2. The maximum absolute atomic E-state index is 13.2. The highest BCUT2D eigenvalue weighted by atomic mass is 35.5. The van der Waals surface area contributed by atoms with Gasteiger partial charge in [-0.1, -0.05) is 0 Å². The predicted octanol–water partition coefficient (Wildman–Crippen LogP) is 3.03. The minimum absolute atomic E-state index is 0.0147. The second kappa shape index (κ2) is 3.68. The second-order valence-corrected chi connectivity index (χ2v) is 4.17. The second-order valence-electron chi connectivity index (χ2n) is 3.83. The fourth-order valence-electron chi connectivity index (χ4n) is 2.03. The van der Waals surface area contributed by atoms with E-state index in [2.05, 4.69) is 4.98 Å². The molecule has 6 heteroatoms. The smallest absolute Gasteiger partial charge is 0.339 e. The van der Waals surface area contributed by atoms with Gasteiger partial charge in [-0.3, -0.25) is 9.07 Å². The number of carboxylic acid groups (broad SMARTS) is 1. The van der Waals surface area contributed by atoms with E-state index in [1.807, 2.05) is 0 Å². The number of benzene rings is 1. The van der Waals surface area contributed by atoms with Crippen LogP contribution in [0, 0.1) is 5.82 Å². The molecule has 0 unspecified atom stereocenters. The summed E-state index contributed by atoms with van der Waals surface area (Å²) in [4.78, 5) is 15.0. The SMILES string of the molecule is O=C(O)c1cncc2c3cc(F)ccc3n(Cl)c12. The third-order valence-electron chi connectivity index (χ3n) is 2.80. The van der Waals surface area contributed by atoms with E-state index in [0.717, 1.165) is 0 Å². The van der Waals surface area contributed by atoms with Crippen molar-refractivity contribution in [3.63, 3.8) is 0 Å². The molecule has 18 heavy (non-hydrogen) atoms. The topological polar surface area (TPSA) is 55.1 Å². The van der Waals surface area contributed by atoms with E-state index in [1.165, 1.54) is 34.7 Å². The Balaban J connectivity index is 2.59. The lowest BCUT2D eigenvalue weighted by Gasteiger charge is -1.98. The monoisotopic (exact) mass is 264 g/mol. The summed E-state index contributed by atoms with van der Waals surface area (Å²) >= 11 is 6.09. The van der Waals surface area contributed by atoms with Crippen LogP contribution in [0.3, 0.4) is 0 Å². The Bertz CT molecular complexity index is 797. The molecule has 4 nitrogen and oxygen atoms in total. The van der Waals surface area contributed by atoms with Gasteiger partial charge in [0, 0.05) is 34.9 Å². The van der Waals surface area contributed by atoms with E-state index in [9.17, 15) is 9.18 Å². The summed E-state index contributed by atoms with van der Waals surface area (Å²) in [5.74, 6) is -1.54. The number of pyridine rings is 1. The van der Waals surface area contributed by atoms with Gasteiger partial charge in [-0.2, -0.15) is 0 Å². The molecule has 1 N–H and O–H groups in total. The number of aromatic nitrogens is 2. The lowest BCUT2D eigenvalue weighted by molar-refractivity contribution is 0.0698. The van der Waals surface area contributed by atoms with Crippen LogP contribution in [-0.4, -0.2) is 20.1 Å². The van der Waals surface area contributed by atoms with E-state index < -0.39 is 11.8 Å². The van der Waals surface area contributed by atoms with Gasteiger partial charge in [-0.05, 0) is 18.2 Å². The van der Waals surface area contributed by atoms with E-state index >= 15 is 0 Å². The lowest BCUT2D eigenvalue weighted by Crippen LogP contribution is -1.99. The van der Waals surface area contributed by atoms with Crippen LogP contribution in [0.5, 0.6) is 0 Å². The summed E-state index contributed by atoms with van der Waals surface area (Å²) < 4.78 is 14.5. The number of hydrogen-bond donors (Lipinski definition) is 1. The molecule has 1 aromatic carbocycles. The lowest BCUT2D eigenvalue weighted by atomic mass is 10.1. The van der Waals surface area contributed by atoms with E-state index in [0.29, 0.717) is 21.8 Å². The number of carboxylic acids is 1. The number of aromatic carboxylic acids is 1. The van der Waals surface area contributed by atoms with E-state index in [1.54, 1.807) is 0 Å². The van der Waals surface area contributed by atoms with Crippen LogP contribution in [0.25, 0.3) is 21.8 Å². The van der Waals surface area contributed by atoms with Crippen molar-refractivity contribution in [1.29, 1.82) is 0 Å². The van der Waals surface area contributed by atoms with Gasteiger partial charge in [0.15, 0.2) is 0 Å². The molecular weight excluding hydrogens is 259 g/mol. The Morgan fingerprint density at radius 3 is 2.83 bits per heavy atom. The first-order valence-electron chi connectivity index (χ1n) is 5.06. The van der Waals surface area contributed by atoms with E-state index in [4.69, 9.17) is 16.9 Å². The Kier molecular flexibility index (Phi) is 2.24. The zero-order valence-electron chi connectivity index (χ0n) is 8.89. The van der Waals surface area contributed by atoms with Crippen LogP contribution in [0.4, 0.5) is 4.39 Å². The molecule has 0 bridgehead atoms. The maximum Gasteiger partial charge on any atom is 0.339 e. The molecule has 0 aliphatic heterocycles. The van der Waals surface area contributed by atoms with Crippen molar-refractivity contribution < 1.29 is 14.3 Å². The maximum atomic E-state index is 13.2. The van der Waals surface area contributed by atoms with Crippen LogP contribution < -0.4 is 0 Å². The van der Waals surface area contributed by atoms with Crippen LogP contribution >= 0.6 is 11.8 Å². The summed E-state index contributed by atoms with van der Waals surface area (Å²) in [5.41, 5.74) is 0.849. The van der Waals surface area contributed by atoms with Crippen molar-refractivity contribution in [2.45, 2.75) is 0 Å². The summed E-state index contributed by atoms with van der Waals surface area (Å²) in [6, 6.07) is 4.08. The third kappa shape index (κ3) is 1.37. The molecule has 0 aliphatic rings. The normalized spacial score (nSPS) is 11.2. The Hall–Kier alpha value is -2.14. The summed E-state index contributed by atoms with van der Waals surface area (Å²) in [5, 5.41) is 10.2. The molecule has 2 heterocycles. The quantitative estimate of drug-likeness (QED) is 0.735. The number of fused-ring (bicyclic) bond motifs is 3. The molecule has 0 saturated heterocycles. The van der Waals surface area contributed by atoms with Gasteiger partial charge in [0.05, 0.1) is 11.0 Å². The van der Waals surface area contributed by atoms with Gasteiger partial charge < -0.3 is 5.11 Å². The molecule has 0 amide bonds. The zero-order chi connectivity index (χ0) is 12.9. The highest BCUT2D eigenvalue weighted by Gasteiger charge is 2.17. The Morgan fingerprint density at radius 2 is 2.11 bits per heavy atom. The van der Waals surface area contributed by atoms with Gasteiger partial charge in [0.25, 0.3) is 0 Å². The first-order chi connectivity index (χ1) is 8.59. The molecule has 0 radical (unpaired) electrons. The molecule has 0 spiro atoms. The molecule has 0 aliphatic carbocycles. The first-order valence-corrected chi connectivity index (χ1v) is 5.40. The van der Waals surface area contributed by atoms with Crippen molar-refractivity contribution in [2.75, 3.05) is 0 Å². The van der Waals surface area contributed by atoms with Crippen molar-refractivity contribution in [1.82, 2.24) is 9.07 Å². The average molecular weight is 265 g/mol. The highest BCUT2D eigenvalue weighted by Crippen LogP contribution is 2.31. The molecule has 2 aromatic heterocycles. The molecular formula is C12H6ClFN2O2.